The van der Waals surface area contributed by atoms with E-state index < -0.39 is 0 Å². The zero-order chi connectivity index (χ0) is 13.2. The Balaban J connectivity index is 1.90. The van der Waals surface area contributed by atoms with Crippen molar-refractivity contribution in [3.8, 4) is 0 Å². The van der Waals surface area contributed by atoms with Crippen molar-refractivity contribution < 1.29 is 0 Å². The standard InChI is InChI=1S/C12H17N7/c1-3-9-15-10(13-2)6-11(16-9)18-4-5-19-8-14-17-12(19)7-18/h6,8H,3-5,7H2,1-2H3,(H,13,15,16). The number of aromatic nitrogens is 5. The van der Waals surface area contributed by atoms with Gasteiger partial charge in [-0.3, -0.25) is 0 Å². The molecule has 0 spiro atoms. The van der Waals surface area contributed by atoms with E-state index in [0.29, 0.717) is 0 Å². The van der Waals surface area contributed by atoms with Gasteiger partial charge in [-0.2, -0.15) is 0 Å². The van der Waals surface area contributed by atoms with Crippen LogP contribution >= 0.6 is 0 Å². The number of nitrogens with zero attached hydrogens (tertiary/aromatic N) is 6. The SMILES string of the molecule is CCc1nc(NC)cc(N2CCn3cnnc3C2)n1. The molecule has 0 fully saturated rings. The summed E-state index contributed by atoms with van der Waals surface area (Å²) in [6.07, 6.45) is 2.61. The fraction of sp³-hybridized carbons (Fsp3) is 0.500. The Morgan fingerprint density at radius 2 is 2.21 bits per heavy atom. The fourth-order valence-corrected chi connectivity index (χ4v) is 2.19. The second-order valence-corrected chi connectivity index (χ2v) is 4.49. The molecule has 3 heterocycles. The maximum Gasteiger partial charge on any atom is 0.152 e. The summed E-state index contributed by atoms with van der Waals surface area (Å²) in [5, 5.41) is 11.2. The molecule has 0 aliphatic carbocycles. The molecule has 7 nitrogen and oxygen atoms in total. The predicted molar refractivity (Wildman–Crippen MR) is 72.0 cm³/mol. The largest absolute Gasteiger partial charge is 0.373 e. The molecule has 0 atom stereocenters. The highest BCUT2D eigenvalue weighted by atomic mass is 15.3. The van der Waals surface area contributed by atoms with Crippen LogP contribution in [0.3, 0.4) is 0 Å². The van der Waals surface area contributed by atoms with E-state index in [2.05, 4.69) is 41.9 Å². The number of rotatable bonds is 3. The molecule has 100 valence electrons. The van der Waals surface area contributed by atoms with Gasteiger partial charge in [0.05, 0.1) is 6.54 Å². The second kappa shape index (κ2) is 4.83. The molecule has 1 aliphatic heterocycles. The Hall–Kier alpha value is -2.18. The quantitative estimate of drug-likeness (QED) is 0.874. The summed E-state index contributed by atoms with van der Waals surface area (Å²) < 4.78 is 2.08. The smallest absolute Gasteiger partial charge is 0.152 e. The first kappa shape index (κ1) is 11.9. The number of anilines is 2. The monoisotopic (exact) mass is 259 g/mol. The van der Waals surface area contributed by atoms with Gasteiger partial charge in [0, 0.05) is 32.6 Å². The van der Waals surface area contributed by atoms with Gasteiger partial charge in [0.15, 0.2) is 5.82 Å². The Morgan fingerprint density at radius 3 is 3.00 bits per heavy atom. The third kappa shape index (κ3) is 2.23. The van der Waals surface area contributed by atoms with Crippen LogP contribution in [0.5, 0.6) is 0 Å². The minimum absolute atomic E-state index is 0.739. The molecule has 7 heteroatoms. The van der Waals surface area contributed by atoms with Gasteiger partial charge < -0.3 is 14.8 Å². The van der Waals surface area contributed by atoms with Gasteiger partial charge in [-0.1, -0.05) is 6.92 Å². The summed E-state index contributed by atoms with van der Waals surface area (Å²) in [5.74, 6) is 3.64. The summed E-state index contributed by atoms with van der Waals surface area (Å²) in [7, 11) is 1.87. The van der Waals surface area contributed by atoms with Gasteiger partial charge in [-0.25, -0.2) is 9.97 Å². The van der Waals surface area contributed by atoms with Crippen molar-refractivity contribution in [2.45, 2.75) is 26.4 Å². The summed E-state index contributed by atoms with van der Waals surface area (Å²) in [6, 6.07) is 1.98. The van der Waals surface area contributed by atoms with Crippen LogP contribution in [-0.4, -0.2) is 38.3 Å². The summed E-state index contributed by atoms with van der Waals surface area (Å²) >= 11 is 0. The van der Waals surface area contributed by atoms with E-state index in [1.54, 1.807) is 6.33 Å². The Labute approximate surface area is 111 Å². The van der Waals surface area contributed by atoms with Crippen molar-refractivity contribution in [1.29, 1.82) is 0 Å². The molecule has 0 amide bonds. The number of hydrogen-bond acceptors (Lipinski definition) is 6. The van der Waals surface area contributed by atoms with E-state index in [4.69, 9.17) is 0 Å². The molecule has 2 aromatic heterocycles. The second-order valence-electron chi connectivity index (χ2n) is 4.49. The fourth-order valence-electron chi connectivity index (χ4n) is 2.19. The van der Waals surface area contributed by atoms with Crippen LogP contribution in [0, 0.1) is 0 Å². The van der Waals surface area contributed by atoms with Crippen molar-refractivity contribution in [3.63, 3.8) is 0 Å². The first-order chi connectivity index (χ1) is 9.30. The Bertz CT molecular complexity index is 555. The minimum Gasteiger partial charge on any atom is -0.373 e. The maximum atomic E-state index is 4.60. The van der Waals surface area contributed by atoms with Crippen LogP contribution in [0.25, 0.3) is 0 Å². The first-order valence-electron chi connectivity index (χ1n) is 6.47. The lowest BCUT2D eigenvalue weighted by molar-refractivity contribution is 0.555. The molecule has 1 aliphatic rings. The Morgan fingerprint density at radius 1 is 1.32 bits per heavy atom. The summed E-state index contributed by atoms with van der Waals surface area (Å²) in [6.45, 7) is 4.60. The normalized spacial score (nSPS) is 14.3. The van der Waals surface area contributed by atoms with E-state index >= 15 is 0 Å². The number of nitrogens with one attached hydrogen (secondary N) is 1. The molecule has 2 aromatic rings. The molecule has 0 radical (unpaired) electrons. The van der Waals surface area contributed by atoms with Crippen LogP contribution in [0.15, 0.2) is 12.4 Å². The molecular weight excluding hydrogens is 242 g/mol. The van der Waals surface area contributed by atoms with Crippen molar-refractivity contribution in [2.24, 2.45) is 0 Å². The molecule has 1 N–H and O–H groups in total. The molecule has 0 saturated heterocycles. The zero-order valence-corrected chi connectivity index (χ0v) is 11.2. The van der Waals surface area contributed by atoms with E-state index in [9.17, 15) is 0 Å². The molecule has 0 aromatic carbocycles. The highest BCUT2D eigenvalue weighted by molar-refractivity contribution is 5.49. The lowest BCUT2D eigenvalue weighted by Crippen LogP contribution is -2.34. The molecule has 0 bridgehead atoms. The molecule has 19 heavy (non-hydrogen) atoms. The van der Waals surface area contributed by atoms with E-state index in [-0.39, 0.29) is 0 Å². The average Bonchev–Trinajstić information content (AvgIpc) is 2.94. The van der Waals surface area contributed by atoms with Crippen LogP contribution < -0.4 is 10.2 Å². The first-order valence-corrected chi connectivity index (χ1v) is 6.47. The molecular formula is C12H17N7. The van der Waals surface area contributed by atoms with Gasteiger partial charge in [0.1, 0.15) is 23.8 Å². The van der Waals surface area contributed by atoms with Crippen LogP contribution in [0.4, 0.5) is 11.6 Å². The number of fused-ring (bicyclic) bond motifs is 1. The van der Waals surface area contributed by atoms with Crippen LogP contribution in [0.1, 0.15) is 18.6 Å². The van der Waals surface area contributed by atoms with E-state index in [0.717, 1.165) is 49.3 Å². The van der Waals surface area contributed by atoms with Gasteiger partial charge in [-0.15, -0.1) is 10.2 Å². The highest BCUT2D eigenvalue weighted by Gasteiger charge is 2.19. The van der Waals surface area contributed by atoms with Gasteiger partial charge >= 0.3 is 0 Å². The van der Waals surface area contributed by atoms with Crippen molar-refractivity contribution in [3.05, 3.63) is 24.0 Å². The third-order valence-corrected chi connectivity index (χ3v) is 3.29. The molecule has 0 saturated carbocycles. The minimum atomic E-state index is 0.739. The van der Waals surface area contributed by atoms with Crippen molar-refractivity contribution >= 4 is 11.6 Å². The van der Waals surface area contributed by atoms with E-state index in [1.165, 1.54) is 0 Å². The summed E-state index contributed by atoms with van der Waals surface area (Å²) in [5.41, 5.74) is 0. The maximum absolute atomic E-state index is 4.60. The zero-order valence-electron chi connectivity index (χ0n) is 11.2. The highest BCUT2D eigenvalue weighted by Crippen LogP contribution is 2.20. The predicted octanol–water partition coefficient (Wildman–Crippen LogP) is 0.692. The lowest BCUT2D eigenvalue weighted by atomic mass is 10.3. The van der Waals surface area contributed by atoms with Gasteiger partial charge in [0.25, 0.3) is 0 Å². The summed E-state index contributed by atoms with van der Waals surface area (Å²) in [4.78, 5) is 11.2. The van der Waals surface area contributed by atoms with Crippen molar-refractivity contribution in [2.75, 3.05) is 23.8 Å². The average molecular weight is 259 g/mol. The van der Waals surface area contributed by atoms with E-state index in [1.807, 2.05) is 13.1 Å². The van der Waals surface area contributed by atoms with Gasteiger partial charge in [0.2, 0.25) is 0 Å². The number of hydrogen-bond donors (Lipinski definition) is 1. The van der Waals surface area contributed by atoms with Crippen molar-refractivity contribution in [1.82, 2.24) is 24.7 Å². The van der Waals surface area contributed by atoms with Crippen LogP contribution in [0.2, 0.25) is 0 Å². The molecule has 0 unspecified atom stereocenters. The topological polar surface area (TPSA) is 71.8 Å². The van der Waals surface area contributed by atoms with Gasteiger partial charge in [-0.05, 0) is 0 Å². The van der Waals surface area contributed by atoms with Crippen LogP contribution in [-0.2, 0) is 19.5 Å². The lowest BCUT2D eigenvalue weighted by Gasteiger charge is -2.28. The third-order valence-electron chi connectivity index (χ3n) is 3.29. The molecule has 3 rings (SSSR count). The Kier molecular flexibility index (Phi) is 3.02. The number of aryl methyl sites for hydroxylation is 1.